The third kappa shape index (κ3) is 5.10. The molecule has 6 nitrogen and oxygen atoms in total. The number of piperidine rings is 1. The minimum Gasteiger partial charge on any atom is -0.466 e. The van der Waals surface area contributed by atoms with Crippen LogP contribution in [-0.2, 0) is 16.6 Å². The lowest BCUT2D eigenvalue weighted by atomic mass is 9.97. The molecule has 1 aromatic carbocycles. The van der Waals surface area contributed by atoms with E-state index in [-0.39, 0.29) is 10.7 Å². The molecule has 0 unspecified atom stereocenters. The summed E-state index contributed by atoms with van der Waals surface area (Å²) < 4.78 is 33.4. The molecule has 2 heterocycles. The molecule has 0 amide bonds. The monoisotopic (exact) mass is 404 g/mol. The zero-order valence-corrected chi connectivity index (χ0v) is 17.5. The quantitative estimate of drug-likeness (QED) is 0.717. The van der Waals surface area contributed by atoms with Crippen LogP contribution in [0.5, 0.6) is 0 Å². The summed E-state index contributed by atoms with van der Waals surface area (Å²) in [5.41, 5.74) is 1.63. The van der Waals surface area contributed by atoms with Crippen molar-refractivity contribution in [3.63, 3.8) is 0 Å². The smallest absolute Gasteiger partial charge is 0.240 e. The van der Waals surface area contributed by atoms with E-state index in [0.717, 1.165) is 44.0 Å². The molecule has 0 radical (unpaired) electrons. The van der Waals surface area contributed by atoms with Crippen LogP contribution in [0.2, 0.25) is 0 Å². The van der Waals surface area contributed by atoms with Gasteiger partial charge in [-0.05, 0) is 70.8 Å². The zero-order valence-electron chi connectivity index (χ0n) is 16.7. The first kappa shape index (κ1) is 20.8. The molecule has 1 aromatic heterocycles. The zero-order chi connectivity index (χ0) is 20.3. The van der Waals surface area contributed by atoms with Crippen LogP contribution in [0.15, 0.2) is 39.6 Å². The number of carbonyl (C=O) groups is 1. The highest BCUT2D eigenvalue weighted by molar-refractivity contribution is 7.89. The van der Waals surface area contributed by atoms with Gasteiger partial charge in [0.05, 0.1) is 4.90 Å². The van der Waals surface area contributed by atoms with Crippen molar-refractivity contribution < 1.29 is 17.6 Å². The minimum atomic E-state index is -3.61. The number of benzene rings is 1. The molecule has 1 saturated heterocycles. The van der Waals surface area contributed by atoms with E-state index >= 15 is 0 Å². The van der Waals surface area contributed by atoms with Crippen molar-refractivity contribution in [1.29, 1.82) is 0 Å². The number of likely N-dealkylation sites (tertiary alicyclic amines) is 1. The van der Waals surface area contributed by atoms with Crippen molar-refractivity contribution in [2.24, 2.45) is 5.92 Å². The lowest BCUT2D eigenvalue weighted by Crippen LogP contribution is -2.38. The summed E-state index contributed by atoms with van der Waals surface area (Å²) in [6.45, 7) is 8.56. The number of furan rings is 1. The maximum Gasteiger partial charge on any atom is 0.240 e. The molecule has 2 aromatic rings. The molecule has 1 aliphatic heterocycles. The fourth-order valence-electron chi connectivity index (χ4n) is 3.62. The average molecular weight is 405 g/mol. The third-order valence-corrected chi connectivity index (χ3v) is 6.78. The van der Waals surface area contributed by atoms with Crippen LogP contribution < -0.4 is 4.72 Å². The maximum atomic E-state index is 12.6. The fraction of sp³-hybridized carbons (Fsp3) is 0.476. The second-order valence-corrected chi connectivity index (χ2v) is 9.36. The average Bonchev–Trinajstić information content (AvgIpc) is 2.98. The molecule has 3 rings (SSSR count). The molecule has 1 aliphatic rings. The van der Waals surface area contributed by atoms with Crippen molar-refractivity contribution in [2.75, 3.05) is 19.6 Å². The summed E-state index contributed by atoms with van der Waals surface area (Å²) in [6, 6.07) is 8.27. The van der Waals surface area contributed by atoms with Gasteiger partial charge in [-0.2, -0.15) is 0 Å². The van der Waals surface area contributed by atoms with Crippen LogP contribution in [0, 0.1) is 19.8 Å². The number of sulfonamides is 1. The normalized spacial score (nSPS) is 16.4. The number of nitrogens with zero attached hydrogens (tertiary/aromatic N) is 1. The van der Waals surface area contributed by atoms with Gasteiger partial charge in [-0.3, -0.25) is 9.69 Å². The van der Waals surface area contributed by atoms with Crippen molar-refractivity contribution in [3.05, 3.63) is 53.0 Å². The fourth-order valence-corrected chi connectivity index (χ4v) is 4.78. The Morgan fingerprint density at radius 3 is 2.54 bits per heavy atom. The van der Waals surface area contributed by atoms with E-state index in [9.17, 15) is 13.2 Å². The second-order valence-electron chi connectivity index (χ2n) is 7.59. The summed E-state index contributed by atoms with van der Waals surface area (Å²) in [6.07, 6.45) is 1.90. The largest absolute Gasteiger partial charge is 0.466 e. The van der Waals surface area contributed by atoms with E-state index in [2.05, 4.69) is 15.7 Å². The van der Waals surface area contributed by atoms with Crippen molar-refractivity contribution >= 4 is 15.8 Å². The van der Waals surface area contributed by atoms with Crippen LogP contribution in [0.4, 0.5) is 0 Å². The Morgan fingerprint density at radius 1 is 1.21 bits per heavy atom. The lowest BCUT2D eigenvalue weighted by Gasteiger charge is -2.31. The first-order valence-corrected chi connectivity index (χ1v) is 11.1. The molecule has 152 valence electrons. The summed E-state index contributed by atoms with van der Waals surface area (Å²) in [5, 5.41) is 0. The number of carbonyl (C=O) groups excluding carboxylic acids is 1. The molecule has 0 aliphatic carbocycles. The summed E-state index contributed by atoms with van der Waals surface area (Å²) in [7, 11) is -3.61. The van der Waals surface area contributed by atoms with Gasteiger partial charge >= 0.3 is 0 Å². The number of ketones is 1. The summed E-state index contributed by atoms with van der Waals surface area (Å²) in [5.74, 6) is 2.08. The van der Waals surface area contributed by atoms with Gasteiger partial charge in [0.1, 0.15) is 11.5 Å². The van der Waals surface area contributed by atoms with Crippen molar-refractivity contribution in [2.45, 2.75) is 45.1 Å². The predicted octanol–water partition coefficient (Wildman–Crippen LogP) is 3.29. The van der Waals surface area contributed by atoms with Crippen LogP contribution in [0.3, 0.4) is 0 Å². The standard InChI is InChI=1S/C21H28N2O4S/c1-15-11-20(17(3)27-15)14-23-9-7-18(8-10-23)13-22-28(25,26)21-6-4-5-19(12-21)16(2)24/h4-6,11-12,18,22H,7-10,13-14H2,1-3H3. The Balaban J connectivity index is 1.51. The highest BCUT2D eigenvalue weighted by Crippen LogP contribution is 2.22. The van der Waals surface area contributed by atoms with Crippen LogP contribution in [0.25, 0.3) is 0 Å². The molecule has 1 N–H and O–H groups in total. The van der Waals surface area contributed by atoms with Gasteiger partial charge in [0.25, 0.3) is 0 Å². The SMILES string of the molecule is CC(=O)c1cccc(S(=O)(=O)NCC2CCN(Cc3cc(C)oc3C)CC2)c1. The number of hydrogen-bond acceptors (Lipinski definition) is 5. The van der Waals surface area contributed by atoms with E-state index in [1.54, 1.807) is 12.1 Å². The van der Waals surface area contributed by atoms with Crippen molar-refractivity contribution in [3.8, 4) is 0 Å². The Kier molecular flexibility index (Phi) is 6.37. The Labute approximate surface area is 167 Å². The molecule has 0 spiro atoms. The Morgan fingerprint density at radius 2 is 1.93 bits per heavy atom. The van der Waals surface area contributed by atoms with Gasteiger partial charge in [-0.1, -0.05) is 12.1 Å². The lowest BCUT2D eigenvalue weighted by molar-refractivity contribution is 0.101. The van der Waals surface area contributed by atoms with Crippen LogP contribution in [0.1, 0.15) is 47.2 Å². The number of aryl methyl sites for hydroxylation is 2. The van der Waals surface area contributed by atoms with Crippen LogP contribution in [-0.4, -0.2) is 38.7 Å². The molecule has 0 atom stereocenters. The number of rotatable bonds is 7. The Bertz CT molecular complexity index is 941. The van der Waals surface area contributed by atoms with Gasteiger partial charge in [0.2, 0.25) is 10.0 Å². The summed E-state index contributed by atoms with van der Waals surface area (Å²) in [4.78, 5) is 14.0. The number of Topliss-reactive ketones (excluding diaryl/α,β-unsaturated/α-hetero) is 1. The van der Waals surface area contributed by atoms with E-state index in [1.165, 1.54) is 24.6 Å². The van der Waals surface area contributed by atoms with Crippen molar-refractivity contribution in [1.82, 2.24) is 9.62 Å². The van der Waals surface area contributed by atoms with Gasteiger partial charge in [0, 0.05) is 24.2 Å². The number of hydrogen-bond donors (Lipinski definition) is 1. The van der Waals surface area contributed by atoms with Gasteiger partial charge in [-0.15, -0.1) is 0 Å². The minimum absolute atomic E-state index is 0.142. The van der Waals surface area contributed by atoms with Crippen LogP contribution >= 0.6 is 0 Å². The first-order valence-electron chi connectivity index (χ1n) is 9.63. The second kappa shape index (κ2) is 8.59. The van der Waals surface area contributed by atoms with E-state index < -0.39 is 10.0 Å². The highest BCUT2D eigenvalue weighted by atomic mass is 32.2. The molecular weight excluding hydrogens is 376 g/mol. The molecule has 0 saturated carbocycles. The summed E-state index contributed by atoms with van der Waals surface area (Å²) >= 11 is 0. The molecule has 1 fully saturated rings. The predicted molar refractivity (Wildman–Crippen MR) is 108 cm³/mol. The Hall–Kier alpha value is -1.96. The van der Waals surface area contributed by atoms with Gasteiger partial charge in [0.15, 0.2) is 5.78 Å². The third-order valence-electron chi connectivity index (χ3n) is 5.36. The highest BCUT2D eigenvalue weighted by Gasteiger charge is 2.23. The first-order chi connectivity index (χ1) is 13.2. The molecular formula is C21H28N2O4S. The van der Waals surface area contributed by atoms with Gasteiger partial charge < -0.3 is 4.42 Å². The number of nitrogens with one attached hydrogen (secondary N) is 1. The molecule has 0 bridgehead atoms. The molecule has 28 heavy (non-hydrogen) atoms. The van der Waals surface area contributed by atoms with E-state index in [4.69, 9.17) is 4.42 Å². The maximum absolute atomic E-state index is 12.6. The topological polar surface area (TPSA) is 79.6 Å². The van der Waals surface area contributed by atoms with E-state index in [0.29, 0.717) is 18.0 Å². The van der Waals surface area contributed by atoms with E-state index in [1.807, 2.05) is 13.8 Å². The molecule has 7 heteroatoms. The van der Waals surface area contributed by atoms with Gasteiger partial charge in [-0.25, -0.2) is 13.1 Å².